The van der Waals surface area contributed by atoms with E-state index in [4.69, 9.17) is 14.2 Å². The van der Waals surface area contributed by atoms with Crippen LogP contribution in [0.2, 0.25) is 0 Å². The molecule has 23 heavy (non-hydrogen) atoms. The first-order valence-electron chi connectivity index (χ1n) is 7.09. The summed E-state index contributed by atoms with van der Waals surface area (Å²) in [5.74, 6) is 1.16. The molecule has 0 atom stereocenters. The highest BCUT2D eigenvalue weighted by atomic mass is 16.7. The van der Waals surface area contributed by atoms with Crippen molar-refractivity contribution >= 4 is 5.91 Å². The summed E-state index contributed by atoms with van der Waals surface area (Å²) in [7, 11) is 0. The Morgan fingerprint density at radius 1 is 1.30 bits per heavy atom. The molecule has 0 saturated carbocycles. The van der Waals surface area contributed by atoms with E-state index in [0.29, 0.717) is 18.0 Å². The Labute approximate surface area is 132 Å². The van der Waals surface area contributed by atoms with E-state index < -0.39 is 0 Å². The molecule has 1 aromatic carbocycles. The molecule has 1 aliphatic heterocycles. The van der Waals surface area contributed by atoms with Gasteiger partial charge in [0, 0.05) is 24.5 Å². The molecule has 1 aliphatic rings. The summed E-state index contributed by atoms with van der Waals surface area (Å²) >= 11 is 0. The normalized spacial score (nSPS) is 12.0. The van der Waals surface area contributed by atoms with Gasteiger partial charge in [-0.1, -0.05) is 6.07 Å². The standard InChI is InChI=1S/C16H16N2O5/c1-10-4-12(19)15(7-17-10)21-8-16(20)18-6-11-2-3-13-14(5-11)23-9-22-13/h2-5,7H,6,8-9H2,1H3,(H,17,19)(H,18,20). The van der Waals surface area contributed by atoms with Gasteiger partial charge < -0.3 is 24.5 Å². The minimum Gasteiger partial charge on any atom is -0.478 e. The van der Waals surface area contributed by atoms with Crippen LogP contribution < -0.4 is 25.0 Å². The highest BCUT2D eigenvalue weighted by Crippen LogP contribution is 2.32. The van der Waals surface area contributed by atoms with Crippen LogP contribution in [0.4, 0.5) is 0 Å². The summed E-state index contributed by atoms with van der Waals surface area (Å²) in [6.07, 6.45) is 1.45. The zero-order chi connectivity index (χ0) is 16.2. The number of ether oxygens (including phenoxy) is 3. The molecular weight excluding hydrogens is 300 g/mol. The van der Waals surface area contributed by atoms with Crippen LogP contribution in [0.3, 0.4) is 0 Å². The van der Waals surface area contributed by atoms with Crippen LogP contribution in [0.5, 0.6) is 17.2 Å². The van der Waals surface area contributed by atoms with Gasteiger partial charge in [-0.3, -0.25) is 9.59 Å². The number of rotatable bonds is 5. The highest BCUT2D eigenvalue weighted by molar-refractivity contribution is 5.77. The molecule has 2 aromatic rings. The maximum absolute atomic E-state index is 11.8. The molecule has 0 unspecified atom stereocenters. The second-order valence-electron chi connectivity index (χ2n) is 5.10. The molecule has 0 saturated heterocycles. The minimum atomic E-state index is -0.317. The summed E-state index contributed by atoms with van der Waals surface area (Å²) in [6.45, 7) is 2.09. The van der Waals surface area contributed by atoms with E-state index in [1.165, 1.54) is 12.3 Å². The lowest BCUT2D eigenvalue weighted by atomic mass is 10.2. The van der Waals surface area contributed by atoms with Crippen molar-refractivity contribution in [3.63, 3.8) is 0 Å². The average Bonchev–Trinajstić information content (AvgIpc) is 2.99. The Morgan fingerprint density at radius 2 is 2.13 bits per heavy atom. The summed E-state index contributed by atoms with van der Waals surface area (Å²) in [4.78, 5) is 26.3. The molecular formula is C16H16N2O5. The number of aromatic nitrogens is 1. The molecule has 2 heterocycles. The van der Waals surface area contributed by atoms with Crippen LogP contribution in [0, 0.1) is 6.92 Å². The molecule has 0 aliphatic carbocycles. The van der Waals surface area contributed by atoms with E-state index in [-0.39, 0.29) is 30.5 Å². The molecule has 1 aromatic heterocycles. The topological polar surface area (TPSA) is 89.7 Å². The number of fused-ring (bicyclic) bond motifs is 1. The van der Waals surface area contributed by atoms with Gasteiger partial charge >= 0.3 is 0 Å². The smallest absolute Gasteiger partial charge is 0.258 e. The quantitative estimate of drug-likeness (QED) is 0.862. The number of carbonyl (C=O) groups is 1. The Morgan fingerprint density at radius 3 is 2.96 bits per heavy atom. The second-order valence-corrected chi connectivity index (χ2v) is 5.10. The molecule has 0 fully saturated rings. The highest BCUT2D eigenvalue weighted by Gasteiger charge is 2.13. The molecule has 2 N–H and O–H groups in total. The van der Waals surface area contributed by atoms with Gasteiger partial charge in [-0.25, -0.2) is 0 Å². The molecule has 7 nitrogen and oxygen atoms in total. The van der Waals surface area contributed by atoms with Crippen LogP contribution in [0.1, 0.15) is 11.3 Å². The Bertz CT molecular complexity index is 784. The zero-order valence-corrected chi connectivity index (χ0v) is 12.5. The molecule has 0 bridgehead atoms. The van der Waals surface area contributed by atoms with Gasteiger partial charge in [0.15, 0.2) is 23.9 Å². The number of nitrogens with one attached hydrogen (secondary N) is 2. The van der Waals surface area contributed by atoms with Crippen molar-refractivity contribution in [2.24, 2.45) is 0 Å². The largest absolute Gasteiger partial charge is 0.478 e. The molecule has 7 heteroatoms. The first-order chi connectivity index (χ1) is 11.1. The van der Waals surface area contributed by atoms with Crippen LogP contribution >= 0.6 is 0 Å². The van der Waals surface area contributed by atoms with Gasteiger partial charge in [0.1, 0.15) is 0 Å². The molecule has 3 rings (SSSR count). The number of amides is 1. The number of H-pyrrole nitrogens is 1. The number of aromatic amines is 1. The Balaban J connectivity index is 1.51. The monoisotopic (exact) mass is 316 g/mol. The fourth-order valence-electron chi connectivity index (χ4n) is 2.12. The number of pyridine rings is 1. The van der Waals surface area contributed by atoms with Crippen molar-refractivity contribution in [1.82, 2.24) is 10.3 Å². The first kappa shape index (κ1) is 15.0. The molecule has 0 spiro atoms. The van der Waals surface area contributed by atoms with Crippen molar-refractivity contribution in [3.8, 4) is 17.2 Å². The van der Waals surface area contributed by atoms with E-state index in [2.05, 4.69) is 10.3 Å². The predicted octanol–water partition coefficient (Wildman–Crippen LogP) is 1.11. The van der Waals surface area contributed by atoms with E-state index in [0.717, 1.165) is 11.3 Å². The van der Waals surface area contributed by atoms with Crippen LogP contribution in [0.15, 0.2) is 35.3 Å². The van der Waals surface area contributed by atoms with Crippen molar-refractivity contribution in [2.45, 2.75) is 13.5 Å². The van der Waals surface area contributed by atoms with Gasteiger partial charge in [-0.05, 0) is 24.6 Å². The van der Waals surface area contributed by atoms with Crippen molar-refractivity contribution in [1.29, 1.82) is 0 Å². The average molecular weight is 316 g/mol. The summed E-state index contributed by atoms with van der Waals surface area (Å²) < 4.78 is 15.7. The maximum Gasteiger partial charge on any atom is 0.258 e. The van der Waals surface area contributed by atoms with E-state index >= 15 is 0 Å². The maximum atomic E-state index is 11.8. The lowest BCUT2D eigenvalue weighted by molar-refractivity contribution is -0.123. The SMILES string of the molecule is Cc1cc(=O)c(OCC(=O)NCc2ccc3c(c2)OCO3)c[nH]1. The Hall–Kier alpha value is -2.96. The number of carbonyl (C=O) groups excluding carboxylic acids is 1. The third-order valence-electron chi connectivity index (χ3n) is 3.31. The number of benzene rings is 1. The minimum absolute atomic E-state index is 0.119. The van der Waals surface area contributed by atoms with Crippen LogP contribution in [-0.4, -0.2) is 24.3 Å². The fraction of sp³-hybridized carbons (Fsp3) is 0.250. The summed E-state index contributed by atoms with van der Waals surface area (Å²) in [6, 6.07) is 6.87. The van der Waals surface area contributed by atoms with E-state index in [9.17, 15) is 9.59 Å². The van der Waals surface area contributed by atoms with Crippen LogP contribution in [0.25, 0.3) is 0 Å². The van der Waals surface area contributed by atoms with E-state index in [1.807, 2.05) is 12.1 Å². The van der Waals surface area contributed by atoms with Gasteiger partial charge in [-0.15, -0.1) is 0 Å². The predicted molar refractivity (Wildman–Crippen MR) is 81.7 cm³/mol. The van der Waals surface area contributed by atoms with Gasteiger partial charge in [0.25, 0.3) is 5.91 Å². The first-order valence-corrected chi connectivity index (χ1v) is 7.09. The van der Waals surface area contributed by atoms with Gasteiger partial charge in [-0.2, -0.15) is 0 Å². The third-order valence-corrected chi connectivity index (χ3v) is 3.31. The van der Waals surface area contributed by atoms with Crippen molar-refractivity contribution in [3.05, 3.63) is 51.9 Å². The molecule has 120 valence electrons. The van der Waals surface area contributed by atoms with Crippen LogP contribution in [-0.2, 0) is 11.3 Å². The van der Waals surface area contributed by atoms with Crippen molar-refractivity contribution < 1.29 is 19.0 Å². The fourth-order valence-corrected chi connectivity index (χ4v) is 2.12. The summed E-state index contributed by atoms with van der Waals surface area (Å²) in [5.41, 5.74) is 1.36. The lowest BCUT2D eigenvalue weighted by Gasteiger charge is -2.08. The lowest BCUT2D eigenvalue weighted by Crippen LogP contribution is -2.29. The number of hydrogen-bond donors (Lipinski definition) is 2. The second kappa shape index (κ2) is 6.43. The van der Waals surface area contributed by atoms with E-state index in [1.54, 1.807) is 13.0 Å². The third kappa shape index (κ3) is 3.63. The summed E-state index contributed by atoms with van der Waals surface area (Å²) in [5, 5.41) is 2.72. The number of aryl methyl sites for hydroxylation is 1. The van der Waals surface area contributed by atoms with Gasteiger partial charge in [0.05, 0.1) is 0 Å². The number of hydrogen-bond acceptors (Lipinski definition) is 5. The Kier molecular flexibility index (Phi) is 4.18. The van der Waals surface area contributed by atoms with Crippen molar-refractivity contribution in [2.75, 3.05) is 13.4 Å². The van der Waals surface area contributed by atoms with Gasteiger partial charge in [0.2, 0.25) is 12.2 Å². The zero-order valence-electron chi connectivity index (χ0n) is 12.5. The molecule has 0 radical (unpaired) electrons. The molecule has 1 amide bonds.